The first kappa shape index (κ1) is 47.7. The second-order valence-electron chi connectivity index (χ2n) is 10.3. The van der Waals surface area contributed by atoms with Gasteiger partial charge in [0.05, 0.1) is 0 Å². The van der Waals surface area contributed by atoms with Crippen molar-refractivity contribution in [1.82, 2.24) is 0 Å². The molecule has 232 valence electrons. The van der Waals surface area contributed by atoms with Crippen LogP contribution in [-0.2, 0) is 16.0 Å². The standard InChI is InChI=1S/C16H15N2.C7H14O.C6H12O.C6H14.C2H6.K/c1-3-13-8-10-14(11-9-13)16-7-5-4-6-15(16)12(2)18-17;1-5(2)6(3)7(4)8;1-3-4-5-6(2)7;1-3-5-6-4-2;1-2;/h4-11H,2-3H2,1H3;5-6H,1-4H3;3-5H2,1-2H3;3-6H2,1-2H3;1-2H3;/q-1;;;;;+1. The summed E-state index contributed by atoms with van der Waals surface area (Å²) in [6.45, 7) is 25.8. The fourth-order valence-electron chi connectivity index (χ4n) is 3.36. The molecular weight excluding hydrogens is 544 g/mol. The van der Waals surface area contributed by atoms with E-state index in [0.717, 1.165) is 42.4 Å². The van der Waals surface area contributed by atoms with Crippen molar-refractivity contribution < 1.29 is 61.0 Å². The van der Waals surface area contributed by atoms with Crippen LogP contribution in [0.15, 0.2) is 60.2 Å². The third kappa shape index (κ3) is 25.3. The Hall–Kier alpha value is -1.24. The van der Waals surface area contributed by atoms with E-state index in [0.29, 0.717) is 23.2 Å². The molecule has 0 spiro atoms. The molecule has 4 nitrogen and oxygen atoms in total. The Morgan fingerprint density at radius 3 is 1.60 bits per heavy atom. The van der Waals surface area contributed by atoms with E-state index < -0.39 is 0 Å². The van der Waals surface area contributed by atoms with Gasteiger partial charge in [0.25, 0.3) is 0 Å². The summed E-state index contributed by atoms with van der Waals surface area (Å²) in [6.07, 6.45) is 9.50. The molecule has 1 unspecified atom stereocenters. The average Bonchev–Trinajstić information content (AvgIpc) is 3.00. The molecule has 2 aromatic rings. The molecule has 2 aromatic carbocycles. The number of nitrogens with zero attached hydrogens (tertiary/aromatic N) is 2. The van der Waals surface area contributed by atoms with Gasteiger partial charge in [-0.1, -0.05) is 150 Å². The average molecular weight is 605 g/mol. The van der Waals surface area contributed by atoms with E-state index in [1.165, 1.54) is 31.2 Å². The Kier molecular flexibility index (Phi) is 37.1. The summed E-state index contributed by atoms with van der Waals surface area (Å²) in [4.78, 5) is 20.8. The Morgan fingerprint density at radius 1 is 0.810 bits per heavy atom. The molecule has 1 atom stereocenters. The van der Waals surface area contributed by atoms with E-state index in [1.54, 1.807) is 13.8 Å². The number of aryl methyl sites for hydroxylation is 1. The third-order valence-corrected chi connectivity index (χ3v) is 6.51. The van der Waals surface area contributed by atoms with E-state index in [9.17, 15) is 9.59 Å². The zero-order valence-corrected chi connectivity index (χ0v) is 32.5. The van der Waals surface area contributed by atoms with Gasteiger partial charge >= 0.3 is 51.4 Å². The van der Waals surface area contributed by atoms with E-state index in [1.807, 2.05) is 45.0 Å². The van der Waals surface area contributed by atoms with Crippen LogP contribution in [-0.4, -0.2) is 11.6 Å². The molecule has 0 aromatic heterocycles. The summed E-state index contributed by atoms with van der Waals surface area (Å²) >= 11 is 0. The zero-order chi connectivity index (χ0) is 32.2. The molecule has 2 rings (SSSR count). The zero-order valence-electron chi connectivity index (χ0n) is 29.3. The molecule has 0 fully saturated rings. The molecule has 0 radical (unpaired) electrons. The van der Waals surface area contributed by atoms with E-state index in [2.05, 4.69) is 77.5 Å². The van der Waals surface area contributed by atoms with Crippen molar-refractivity contribution in [3.05, 3.63) is 71.8 Å². The van der Waals surface area contributed by atoms with E-state index >= 15 is 0 Å². The molecule has 42 heavy (non-hydrogen) atoms. The van der Waals surface area contributed by atoms with Gasteiger partial charge in [0, 0.05) is 23.6 Å². The number of rotatable bonds is 12. The number of unbranched alkanes of at least 4 members (excludes halogenated alkanes) is 4. The number of carbonyl (C=O) groups is 2. The first-order chi connectivity index (χ1) is 19.5. The normalized spacial score (nSPS) is 9.90. The van der Waals surface area contributed by atoms with Gasteiger partial charge in [0.1, 0.15) is 11.6 Å². The number of Topliss-reactive ketones (excluding diaryl/α,β-unsaturated/α-hetero) is 2. The van der Waals surface area contributed by atoms with Crippen molar-refractivity contribution in [1.29, 1.82) is 0 Å². The molecule has 0 aliphatic heterocycles. The molecule has 0 saturated heterocycles. The molecule has 0 aliphatic carbocycles. The minimum atomic E-state index is 0. The summed E-state index contributed by atoms with van der Waals surface area (Å²) < 4.78 is 0. The summed E-state index contributed by atoms with van der Waals surface area (Å²) in [5.74, 6) is 1.32. The Labute approximate surface area is 302 Å². The van der Waals surface area contributed by atoms with Gasteiger partial charge in [-0.2, -0.15) is 0 Å². The molecule has 0 N–H and O–H groups in total. The molecular formula is C37H61KN2O2. The molecule has 0 bridgehead atoms. The van der Waals surface area contributed by atoms with Crippen LogP contribution in [0.3, 0.4) is 0 Å². The van der Waals surface area contributed by atoms with Crippen LogP contribution in [0.2, 0.25) is 0 Å². The first-order valence-corrected chi connectivity index (χ1v) is 15.7. The van der Waals surface area contributed by atoms with Gasteiger partial charge < -0.3 is 15.4 Å². The van der Waals surface area contributed by atoms with Gasteiger partial charge in [0.2, 0.25) is 0 Å². The molecule has 0 aliphatic rings. The smallest absolute Gasteiger partial charge is 0.706 e. The van der Waals surface area contributed by atoms with Crippen molar-refractivity contribution in [2.24, 2.45) is 17.0 Å². The van der Waals surface area contributed by atoms with Gasteiger partial charge in [-0.05, 0) is 49.3 Å². The van der Waals surface area contributed by atoms with Crippen LogP contribution in [0, 0.1) is 11.8 Å². The maximum absolute atomic E-state index is 10.6. The quantitative estimate of drug-likeness (QED) is 0.138. The predicted molar refractivity (Wildman–Crippen MR) is 182 cm³/mol. The van der Waals surface area contributed by atoms with E-state index in [4.69, 9.17) is 5.53 Å². The van der Waals surface area contributed by atoms with Crippen LogP contribution >= 0.6 is 0 Å². The van der Waals surface area contributed by atoms with Gasteiger partial charge in [-0.15, -0.1) is 0 Å². The molecule has 0 heterocycles. The monoisotopic (exact) mass is 604 g/mol. The Bertz CT molecular complexity index is 948. The maximum atomic E-state index is 10.6. The van der Waals surface area contributed by atoms with Crippen LogP contribution in [0.4, 0.5) is 0 Å². The molecule has 0 saturated carbocycles. The predicted octanol–water partition coefficient (Wildman–Crippen LogP) is 9.16. The second kappa shape index (κ2) is 32.7. The summed E-state index contributed by atoms with van der Waals surface area (Å²) in [6, 6.07) is 16.2. The number of benzene rings is 2. The number of hydrogen-bond donors (Lipinski definition) is 0. The van der Waals surface area contributed by atoms with Crippen molar-refractivity contribution in [3.8, 4) is 11.1 Å². The number of hydrogen-bond acceptors (Lipinski definition) is 3. The third-order valence-electron chi connectivity index (χ3n) is 6.51. The number of carbonyl (C=O) groups excluding carboxylic acids is 2. The van der Waals surface area contributed by atoms with Gasteiger partial charge in [0.15, 0.2) is 0 Å². The van der Waals surface area contributed by atoms with Gasteiger partial charge in [-0.3, -0.25) is 4.79 Å². The van der Waals surface area contributed by atoms with Crippen LogP contribution in [0.25, 0.3) is 22.4 Å². The topological polar surface area (TPSA) is 68.8 Å². The minimum Gasteiger partial charge on any atom is -0.706 e. The summed E-state index contributed by atoms with van der Waals surface area (Å²) in [7, 11) is 0. The maximum Gasteiger partial charge on any atom is 1.00 e. The number of ketones is 2. The van der Waals surface area contributed by atoms with E-state index in [-0.39, 0.29) is 57.3 Å². The van der Waals surface area contributed by atoms with Gasteiger partial charge in [-0.25, -0.2) is 0 Å². The van der Waals surface area contributed by atoms with Crippen molar-refractivity contribution in [2.45, 2.75) is 128 Å². The summed E-state index contributed by atoms with van der Waals surface area (Å²) in [5.41, 5.74) is 13.5. The molecule has 0 amide bonds. The molecule has 5 heteroatoms. The fourth-order valence-corrected chi connectivity index (χ4v) is 3.36. The Morgan fingerprint density at radius 2 is 1.29 bits per heavy atom. The Balaban J connectivity index is -0.000000253. The summed E-state index contributed by atoms with van der Waals surface area (Å²) in [5, 5.41) is 3.18. The fraction of sp³-hybridized carbons (Fsp3) is 0.568. The van der Waals surface area contributed by atoms with Crippen LogP contribution < -0.4 is 51.4 Å². The SMILES string of the molecule is C=C(N=[N-])c1ccccc1-c1ccc(CC)cc1.CC.CC(=O)C(C)C(C)C.CCCCC(C)=O.CCCCCC.[K+]. The van der Waals surface area contributed by atoms with Crippen molar-refractivity contribution in [2.75, 3.05) is 0 Å². The minimum absolute atomic E-state index is 0. The first-order valence-electron chi connectivity index (χ1n) is 15.7. The largest absolute Gasteiger partial charge is 1.00 e. The van der Waals surface area contributed by atoms with Crippen molar-refractivity contribution in [3.63, 3.8) is 0 Å². The van der Waals surface area contributed by atoms with Crippen LogP contribution in [0.1, 0.15) is 132 Å². The second-order valence-corrected chi connectivity index (χ2v) is 10.3. The van der Waals surface area contributed by atoms with Crippen molar-refractivity contribution >= 4 is 17.3 Å². The van der Waals surface area contributed by atoms with Crippen LogP contribution in [0.5, 0.6) is 0 Å².